The molecule has 2 aromatic carbocycles. The number of nitrogens with one attached hydrogen (secondary N) is 1. The SMILES string of the molecule is COc1ccc(CCNC(=O)CN2CCC(c3nc4ccccc4s3)CC2)cc1OC. The zero-order valence-corrected chi connectivity index (χ0v) is 18.9. The molecule has 1 amide bonds. The summed E-state index contributed by atoms with van der Waals surface area (Å²) in [5, 5.41) is 4.28. The van der Waals surface area contributed by atoms with Gasteiger partial charge in [-0.1, -0.05) is 18.2 Å². The minimum atomic E-state index is 0.0823. The molecule has 1 aliphatic heterocycles. The predicted octanol–water partition coefficient (Wildman–Crippen LogP) is 3.85. The van der Waals surface area contributed by atoms with Crippen molar-refractivity contribution in [2.75, 3.05) is 40.4 Å². The van der Waals surface area contributed by atoms with Gasteiger partial charge in [0, 0.05) is 12.5 Å². The number of benzene rings is 2. The number of carbonyl (C=O) groups is 1. The summed E-state index contributed by atoms with van der Waals surface area (Å²) in [5.41, 5.74) is 2.20. The third-order valence-electron chi connectivity index (χ3n) is 5.80. The van der Waals surface area contributed by atoms with E-state index in [1.807, 2.05) is 35.6 Å². The van der Waals surface area contributed by atoms with Crippen molar-refractivity contribution in [3.8, 4) is 11.5 Å². The molecule has 1 N–H and O–H groups in total. The lowest BCUT2D eigenvalue weighted by molar-refractivity contribution is -0.122. The van der Waals surface area contributed by atoms with Crippen LogP contribution in [0.15, 0.2) is 42.5 Å². The molecule has 0 radical (unpaired) electrons. The number of likely N-dealkylation sites (tertiary alicyclic amines) is 1. The molecule has 0 atom stereocenters. The normalized spacial score (nSPS) is 15.2. The number of amides is 1. The number of carbonyl (C=O) groups excluding carboxylic acids is 1. The number of methoxy groups -OCH3 is 2. The molecule has 0 aliphatic carbocycles. The van der Waals surface area contributed by atoms with Crippen LogP contribution in [-0.2, 0) is 11.2 Å². The van der Waals surface area contributed by atoms with E-state index in [-0.39, 0.29) is 5.91 Å². The number of hydrogen-bond acceptors (Lipinski definition) is 6. The summed E-state index contributed by atoms with van der Waals surface area (Å²) in [7, 11) is 3.25. The summed E-state index contributed by atoms with van der Waals surface area (Å²) in [6, 6.07) is 14.2. The first-order valence-corrected chi connectivity index (χ1v) is 11.5. The Morgan fingerprint density at radius 3 is 2.65 bits per heavy atom. The Balaban J connectivity index is 1.20. The monoisotopic (exact) mass is 439 g/mol. The van der Waals surface area contributed by atoms with Gasteiger partial charge in [0.2, 0.25) is 5.91 Å². The fourth-order valence-electron chi connectivity index (χ4n) is 4.04. The van der Waals surface area contributed by atoms with E-state index < -0.39 is 0 Å². The summed E-state index contributed by atoms with van der Waals surface area (Å²) < 4.78 is 11.9. The van der Waals surface area contributed by atoms with Crippen molar-refractivity contribution >= 4 is 27.5 Å². The van der Waals surface area contributed by atoms with E-state index in [2.05, 4.69) is 28.4 Å². The Hall–Kier alpha value is -2.64. The smallest absolute Gasteiger partial charge is 0.234 e. The quantitative estimate of drug-likeness (QED) is 0.578. The highest BCUT2D eigenvalue weighted by Crippen LogP contribution is 2.33. The van der Waals surface area contributed by atoms with Crippen LogP contribution in [0, 0.1) is 0 Å². The molecule has 6 nitrogen and oxygen atoms in total. The van der Waals surface area contributed by atoms with Crippen molar-refractivity contribution in [2.45, 2.75) is 25.2 Å². The number of piperidine rings is 1. The standard InChI is InChI=1S/C24H29N3O3S/c1-29-20-8-7-17(15-21(20)30-2)9-12-25-23(28)16-27-13-10-18(11-14-27)24-26-19-5-3-4-6-22(19)31-24/h3-8,15,18H,9-14,16H2,1-2H3,(H,25,28). The van der Waals surface area contributed by atoms with E-state index in [0.717, 1.165) is 43.4 Å². The van der Waals surface area contributed by atoms with Crippen LogP contribution in [-0.4, -0.2) is 56.2 Å². The maximum Gasteiger partial charge on any atom is 0.234 e. The minimum Gasteiger partial charge on any atom is -0.493 e. The van der Waals surface area contributed by atoms with Crippen LogP contribution in [0.25, 0.3) is 10.2 Å². The highest BCUT2D eigenvalue weighted by Gasteiger charge is 2.24. The number of hydrogen-bond donors (Lipinski definition) is 1. The van der Waals surface area contributed by atoms with E-state index >= 15 is 0 Å². The van der Waals surface area contributed by atoms with Crippen molar-refractivity contribution in [3.05, 3.63) is 53.0 Å². The van der Waals surface area contributed by atoms with Crippen molar-refractivity contribution < 1.29 is 14.3 Å². The van der Waals surface area contributed by atoms with Gasteiger partial charge in [0.25, 0.3) is 0 Å². The van der Waals surface area contributed by atoms with Gasteiger partial charge < -0.3 is 14.8 Å². The average Bonchev–Trinajstić information content (AvgIpc) is 3.23. The number of para-hydroxylation sites is 1. The van der Waals surface area contributed by atoms with Crippen LogP contribution < -0.4 is 14.8 Å². The molecule has 0 bridgehead atoms. The molecule has 1 aliphatic rings. The van der Waals surface area contributed by atoms with E-state index in [0.29, 0.717) is 30.5 Å². The zero-order valence-electron chi connectivity index (χ0n) is 18.1. The van der Waals surface area contributed by atoms with Gasteiger partial charge in [-0.05, 0) is 62.2 Å². The van der Waals surface area contributed by atoms with Gasteiger partial charge in [0.05, 0.1) is 36.0 Å². The van der Waals surface area contributed by atoms with Gasteiger partial charge in [-0.25, -0.2) is 4.98 Å². The second-order valence-corrected chi connectivity index (χ2v) is 8.92. The van der Waals surface area contributed by atoms with Crippen molar-refractivity contribution in [2.24, 2.45) is 0 Å². The molecular weight excluding hydrogens is 410 g/mol. The number of fused-ring (bicyclic) bond motifs is 1. The largest absolute Gasteiger partial charge is 0.493 e. The van der Waals surface area contributed by atoms with Crippen LogP contribution in [0.1, 0.15) is 29.3 Å². The third-order valence-corrected chi connectivity index (χ3v) is 7.00. The molecule has 3 aromatic rings. The Morgan fingerprint density at radius 2 is 1.90 bits per heavy atom. The van der Waals surface area contributed by atoms with E-state index in [9.17, 15) is 4.79 Å². The van der Waals surface area contributed by atoms with Gasteiger partial charge in [0.1, 0.15) is 0 Å². The second-order valence-electron chi connectivity index (χ2n) is 7.86. The highest BCUT2D eigenvalue weighted by molar-refractivity contribution is 7.18. The molecule has 0 spiro atoms. The molecule has 1 saturated heterocycles. The van der Waals surface area contributed by atoms with Gasteiger partial charge in [0.15, 0.2) is 11.5 Å². The lowest BCUT2D eigenvalue weighted by atomic mass is 9.97. The summed E-state index contributed by atoms with van der Waals surface area (Å²) >= 11 is 1.81. The first-order valence-electron chi connectivity index (χ1n) is 10.7. The summed E-state index contributed by atoms with van der Waals surface area (Å²) in [5.74, 6) is 2.01. The molecular formula is C24H29N3O3S. The zero-order chi connectivity index (χ0) is 21.6. The molecule has 2 heterocycles. The number of rotatable bonds is 8. The average molecular weight is 440 g/mol. The Bertz CT molecular complexity index is 995. The Morgan fingerprint density at radius 1 is 1.13 bits per heavy atom. The van der Waals surface area contributed by atoms with Crippen LogP contribution in [0.2, 0.25) is 0 Å². The lowest BCUT2D eigenvalue weighted by Gasteiger charge is -2.30. The number of aromatic nitrogens is 1. The van der Waals surface area contributed by atoms with Gasteiger partial charge in [-0.3, -0.25) is 9.69 Å². The summed E-state index contributed by atoms with van der Waals surface area (Å²) in [6.45, 7) is 2.93. The fourth-order valence-corrected chi connectivity index (χ4v) is 5.18. The van der Waals surface area contributed by atoms with Gasteiger partial charge in [-0.2, -0.15) is 0 Å². The first kappa shape index (κ1) is 21.6. The van der Waals surface area contributed by atoms with Crippen LogP contribution in [0.4, 0.5) is 0 Å². The molecule has 0 unspecified atom stereocenters. The van der Waals surface area contributed by atoms with E-state index in [1.54, 1.807) is 14.2 Å². The minimum absolute atomic E-state index is 0.0823. The van der Waals surface area contributed by atoms with Crippen LogP contribution in [0.5, 0.6) is 11.5 Å². The second kappa shape index (κ2) is 10.1. The molecule has 31 heavy (non-hydrogen) atoms. The number of nitrogens with zero attached hydrogens (tertiary/aromatic N) is 2. The molecule has 1 aromatic heterocycles. The van der Waals surface area contributed by atoms with E-state index in [4.69, 9.17) is 14.5 Å². The maximum atomic E-state index is 12.4. The molecule has 164 valence electrons. The maximum absolute atomic E-state index is 12.4. The summed E-state index contributed by atoms with van der Waals surface area (Å²) in [4.78, 5) is 19.5. The van der Waals surface area contributed by atoms with Crippen LogP contribution >= 0.6 is 11.3 Å². The van der Waals surface area contributed by atoms with Crippen molar-refractivity contribution in [1.82, 2.24) is 15.2 Å². The van der Waals surface area contributed by atoms with Crippen molar-refractivity contribution in [1.29, 1.82) is 0 Å². The molecule has 1 fully saturated rings. The molecule has 0 saturated carbocycles. The fraction of sp³-hybridized carbons (Fsp3) is 0.417. The van der Waals surface area contributed by atoms with Crippen molar-refractivity contribution in [3.63, 3.8) is 0 Å². The summed E-state index contributed by atoms with van der Waals surface area (Å²) in [6.07, 6.45) is 2.86. The predicted molar refractivity (Wildman–Crippen MR) is 124 cm³/mol. The highest BCUT2D eigenvalue weighted by atomic mass is 32.1. The Kier molecular flexibility index (Phi) is 7.04. The number of ether oxygens (including phenoxy) is 2. The molecule has 4 rings (SSSR count). The lowest BCUT2D eigenvalue weighted by Crippen LogP contribution is -2.41. The van der Waals surface area contributed by atoms with Crippen LogP contribution in [0.3, 0.4) is 0 Å². The van der Waals surface area contributed by atoms with E-state index in [1.165, 1.54) is 9.71 Å². The van der Waals surface area contributed by atoms with Gasteiger partial charge >= 0.3 is 0 Å². The third kappa shape index (κ3) is 5.35. The first-order chi connectivity index (χ1) is 15.2. The number of thiazole rings is 1. The van der Waals surface area contributed by atoms with Gasteiger partial charge in [-0.15, -0.1) is 11.3 Å². The Labute approximate surface area is 187 Å². The topological polar surface area (TPSA) is 63.7 Å². The molecule has 7 heteroatoms.